The van der Waals surface area contributed by atoms with E-state index in [2.05, 4.69) is 20.4 Å². The predicted molar refractivity (Wildman–Crippen MR) is 103 cm³/mol. The van der Waals surface area contributed by atoms with E-state index in [1.165, 1.54) is 24.2 Å². The van der Waals surface area contributed by atoms with Crippen molar-refractivity contribution in [3.63, 3.8) is 0 Å². The van der Waals surface area contributed by atoms with Crippen molar-refractivity contribution in [2.24, 2.45) is 0 Å². The number of aromatic nitrogens is 3. The van der Waals surface area contributed by atoms with Crippen LogP contribution in [-0.4, -0.2) is 33.8 Å². The van der Waals surface area contributed by atoms with Gasteiger partial charge in [0.05, 0.1) is 0 Å². The quantitative estimate of drug-likeness (QED) is 0.727. The van der Waals surface area contributed by atoms with Gasteiger partial charge in [-0.05, 0) is 36.6 Å². The molecule has 26 heavy (non-hydrogen) atoms. The lowest BCUT2D eigenvalue weighted by molar-refractivity contribution is 0.0944. The predicted octanol–water partition coefficient (Wildman–Crippen LogP) is 3.51. The maximum atomic E-state index is 12.6. The zero-order valence-electron chi connectivity index (χ0n) is 14.1. The second-order valence-electron chi connectivity index (χ2n) is 6.10. The van der Waals surface area contributed by atoms with Crippen molar-refractivity contribution in [1.82, 2.24) is 20.1 Å². The number of hydrogen-bond donors (Lipinski definition) is 1. The second kappa shape index (κ2) is 7.47. The molecule has 0 unspecified atom stereocenters. The van der Waals surface area contributed by atoms with Gasteiger partial charge in [0.15, 0.2) is 0 Å². The molecule has 0 saturated carbocycles. The van der Waals surface area contributed by atoms with E-state index in [-0.39, 0.29) is 5.91 Å². The number of carbonyl (C=O) groups excluding carboxylic acids is 1. The molecule has 1 aromatic carbocycles. The van der Waals surface area contributed by atoms with Crippen molar-refractivity contribution in [1.29, 1.82) is 0 Å². The van der Waals surface area contributed by atoms with Crippen molar-refractivity contribution in [2.45, 2.75) is 19.4 Å². The average Bonchev–Trinajstić information content (AvgIpc) is 3.40. The Bertz CT molecular complexity index is 916. The van der Waals surface area contributed by atoms with Gasteiger partial charge in [-0.1, -0.05) is 41.1 Å². The second-order valence-corrected chi connectivity index (χ2v) is 7.44. The molecule has 1 fully saturated rings. The molecule has 3 aromatic rings. The van der Waals surface area contributed by atoms with Crippen LogP contribution in [0.5, 0.6) is 0 Å². The molecule has 0 spiro atoms. The van der Waals surface area contributed by atoms with E-state index >= 15 is 0 Å². The standard InChI is InChI=1S/C18H18ClN5OS/c19-14-7-2-1-6-13(14)12-20-16(25)15-8-5-11-24(15)18-22-21-17(26-18)23-9-3-4-10-23/h1-2,5-8,11H,3-4,9-10,12H2,(H,20,25). The third kappa shape index (κ3) is 3.45. The average molecular weight is 388 g/mol. The number of benzene rings is 1. The molecule has 134 valence electrons. The van der Waals surface area contributed by atoms with Gasteiger partial charge in [-0.15, -0.1) is 10.2 Å². The molecule has 0 radical (unpaired) electrons. The summed E-state index contributed by atoms with van der Waals surface area (Å²) in [5.41, 5.74) is 1.41. The van der Waals surface area contributed by atoms with Crippen LogP contribution >= 0.6 is 22.9 Å². The van der Waals surface area contributed by atoms with Gasteiger partial charge in [0.2, 0.25) is 10.3 Å². The Morgan fingerprint density at radius 2 is 1.88 bits per heavy atom. The fourth-order valence-corrected chi connectivity index (χ4v) is 4.08. The highest BCUT2D eigenvalue weighted by Gasteiger charge is 2.19. The Kier molecular flexibility index (Phi) is 4.90. The first-order valence-electron chi connectivity index (χ1n) is 8.50. The van der Waals surface area contributed by atoms with Gasteiger partial charge >= 0.3 is 0 Å². The minimum Gasteiger partial charge on any atom is -0.347 e. The highest BCUT2D eigenvalue weighted by Crippen LogP contribution is 2.27. The van der Waals surface area contributed by atoms with Crippen molar-refractivity contribution in [2.75, 3.05) is 18.0 Å². The molecule has 1 N–H and O–H groups in total. The first kappa shape index (κ1) is 17.1. The lowest BCUT2D eigenvalue weighted by atomic mass is 10.2. The number of carbonyl (C=O) groups is 1. The van der Waals surface area contributed by atoms with Crippen LogP contribution in [0.3, 0.4) is 0 Å². The molecule has 1 aliphatic rings. The Balaban J connectivity index is 1.49. The number of nitrogens with one attached hydrogen (secondary N) is 1. The summed E-state index contributed by atoms with van der Waals surface area (Å²) >= 11 is 7.65. The van der Waals surface area contributed by atoms with Crippen LogP contribution in [0.2, 0.25) is 5.02 Å². The Hall–Kier alpha value is -2.38. The SMILES string of the molecule is O=C(NCc1ccccc1Cl)c1cccn1-c1nnc(N2CCCC2)s1. The number of rotatable bonds is 5. The lowest BCUT2D eigenvalue weighted by Gasteiger charge is -2.11. The summed E-state index contributed by atoms with van der Waals surface area (Å²) in [5, 5.41) is 13.7. The smallest absolute Gasteiger partial charge is 0.268 e. The molecular weight excluding hydrogens is 370 g/mol. The lowest BCUT2D eigenvalue weighted by Crippen LogP contribution is -2.25. The van der Waals surface area contributed by atoms with E-state index in [9.17, 15) is 4.79 Å². The molecule has 1 amide bonds. The maximum absolute atomic E-state index is 12.6. The van der Waals surface area contributed by atoms with Crippen LogP contribution in [0.1, 0.15) is 28.9 Å². The zero-order valence-corrected chi connectivity index (χ0v) is 15.6. The van der Waals surface area contributed by atoms with Crippen LogP contribution in [0.25, 0.3) is 5.13 Å². The van der Waals surface area contributed by atoms with Crippen LogP contribution in [-0.2, 0) is 6.54 Å². The van der Waals surface area contributed by atoms with Crippen LogP contribution in [0.4, 0.5) is 5.13 Å². The zero-order chi connectivity index (χ0) is 17.9. The van der Waals surface area contributed by atoms with Gasteiger partial charge in [0, 0.05) is 30.9 Å². The molecule has 4 rings (SSSR count). The molecule has 1 saturated heterocycles. The highest BCUT2D eigenvalue weighted by molar-refractivity contribution is 7.17. The van der Waals surface area contributed by atoms with Gasteiger partial charge in [0.25, 0.3) is 5.91 Å². The highest BCUT2D eigenvalue weighted by atomic mass is 35.5. The molecule has 0 bridgehead atoms. The first-order chi connectivity index (χ1) is 12.7. The summed E-state index contributed by atoms with van der Waals surface area (Å²) in [6.45, 7) is 2.41. The maximum Gasteiger partial charge on any atom is 0.268 e. The third-order valence-corrected chi connectivity index (χ3v) is 5.72. The molecule has 0 aliphatic carbocycles. The Morgan fingerprint density at radius 1 is 1.12 bits per heavy atom. The molecule has 8 heteroatoms. The summed E-state index contributed by atoms with van der Waals surface area (Å²) in [6.07, 6.45) is 4.21. The van der Waals surface area contributed by atoms with Gasteiger partial charge in [-0.3, -0.25) is 9.36 Å². The van der Waals surface area contributed by atoms with Crippen molar-refractivity contribution in [3.05, 3.63) is 58.9 Å². The fraction of sp³-hybridized carbons (Fsp3) is 0.278. The summed E-state index contributed by atoms with van der Waals surface area (Å²) in [5.74, 6) is -0.173. The van der Waals surface area contributed by atoms with Gasteiger partial charge in [-0.2, -0.15) is 0 Å². The van der Waals surface area contributed by atoms with Crippen molar-refractivity contribution in [3.8, 4) is 5.13 Å². The van der Waals surface area contributed by atoms with Gasteiger partial charge < -0.3 is 10.2 Å². The number of nitrogens with zero attached hydrogens (tertiary/aromatic N) is 4. The largest absolute Gasteiger partial charge is 0.347 e. The van der Waals surface area contributed by atoms with E-state index in [0.717, 1.165) is 23.8 Å². The summed E-state index contributed by atoms with van der Waals surface area (Å²) in [7, 11) is 0. The van der Waals surface area contributed by atoms with Crippen molar-refractivity contribution < 1.29 is 4.79 Å². The molecular formula is C18H18ClN5OS. The first-order valence-corrected chi connectivity index (χ1v) is 9.69. The van der Waals surface area contributed by atoms with E-state index in [4.69, 9.17) is 11.6 Å². The van der Waals surface area contributed by atoms with E-state index in [1.807, 2.05) is 36.5 Å². The number of halogens is 1. The molecule has 1 aliphatic heterocycles. The molecule has 0 atom stereocenters. The topological polar surface area (TPSA) is 63.1 Å². The summed E-state index contributed by atoms with van der Waals surface area (Å²) in [6, 6.07) is 11.1. The summed E-state index contributed by atoms with van der Waals surface area (Å²) in [4.78, 5) is 14.9. The number of hydrogen-bond acceptors (Lipinski definition) is 5. The van der Waals surface area contributed by atoms with Gasteiger partial charge in [0.1, 0.15) is 5.69 Å². The van der Waals surface area contributed by atoms with E-state index in [1.54, 1.807) is 10.6 Å². The third-order valence-electron chi connectivity index (χ3n) is 4.36. The molecule has 2 aromatic heterocycles. The minimum absolute atomic E-state index is 0.173. The normalized spacial score (nSPS) is 14.0. The van der Waals surface area contributed by atoms with Crippen molar-refractivity contribution >= 4 is 34.0 Å². The van der Waals surface area contributed by atoms with Crippen LogP contribution in [0, 0.1) is 0 Å². The number of anilines is 1. The Labute approximate surface area is 160 Å². The van der Waals surface area contributed by atoms with Crippen LogP contribution in [0.15, 0.2) is 42.6 Å². The fourth-order valence-electron chi connectivity index (χ4n) is 2.98. The molecule has 3 heterocycles. The van der Waals surface area contributed by atoms with Gasteiger partial charge in [-0.25, -0.2) is 0 Å². The van der Waals surface area contributed by atoms with E-state index < -0.39 is 0 Å². The summed E-state index contributed by atoms with van der Waals surface area (Å²) < 4.78 is 1.78. The minimum atomic E-state index is -0.173. The molecule has 6 nitrogen and oxygen atoms in total. The Morgan fingerprint density at radius 3 is 2.69 bits per heavy atom. The number of amides is 1. The monoisotopic (exact) mass is 387 g/mol. The van der Waals surface area contributed by atoms with Crippen LogP contribution < -0.4 is 10.2 Å². The van der Waals surface area contributed by atoms with E-state index in [0.29, 0.717) is 22.4 Å².